The van der Waals surface area contributed by atoms with E-state index in [0.29, 0.717) is 33.4 Å². The van der Waals surface area contributed by atoms with Crippen LogP contribution in [0.3, 0.4) is 0 Å². The summed E-state index contributed by atoms with van der Waals surface area (Å²) in [4.78, 5) is 12.8. The monoisotopic (exact) mass is 772 g/mol. The molecule has 4 aromatic heterocycles. The Balaban J connectivity index is 0.000000234. The summed E-state index contributed by atoms with van der Waals surface area (Å²) in [7, 11) is 0. The molecule has 2 aromatic carbocycles. The van der Waals surface area contributed by atoms with Gasteiger partial charge in [-0.25, -0.2) is 4.98 Å². The molecular formula is C39H39IrN3O-2. The minimum absolute atomic E-state index is 0. The second-order valence-corrected chi connectivity index (χ2v) is 12.2. The van der Waals surface area contributed by atoms with E-state index in [0.717, 1.165) is 22.7 Å². The van der Waals surface area contributed by atoms with Crippen LogP contribution < -0.4 is 0 Å². The van der Waals surface area contributed by atoms with Gasteiger partial charge >= 0.3 is 0 Å². The number of aryl methyl sites for hydroxylation is 4. The molecule has 0 amide bonds. The number of furan rings is 1. The summed E-state index contributed by atoms with van der Waals surface area (Å²) in [5.74, 6) is 0. The Hall–Kier alpha value is -3.66. The van der Waals surface area contributed by atoms with E-state index in [2.05, 4.69) is 27.1 Å². The first-order valence-electron chi connectivity index (χ1n) is 20.8. The zero-order valence-corrected chi connectivity index (χ0v) is 27.3. The average molecular weight is 772 g/mol. The molecule has 0 N–H and O–H groups in total. The minimum atomic E-state index is -2.67. The number of hydrogen-bond acceptors (Lipinski definition) is 4. The summed E-state index contributed by atoms with van der Waals surface area (Å²) in [6.07, 6.45) is 1.10. The maximum atomic E-state index is 8.25. The summed E-state index contributed by atoms with van der Waals surface area (Å²) in [6, 6.07) is 18.8. The molecule has 0 atom stereocenters. The first kappa shape index (κ1) is 18.3. The van der Waals surface area contributed by atoms with Gasteiger partial charge in [-0.3, -0.25) is 0 Å². The molecule has 0 spiro atoms. The summed E-state index contributed by atoms with van der Waals surface area (Å²) < 4.78 is 115. The van der Waals surface area contributed by atoms with Crippen LogP contribution in [-0.2, 0) is 31.9 Å². The number of benzene rings is 2. The van der Waals surface area contributed by atoms with Gasteiger partial charge in [-0.05, 0) is 77.3 Å². The van der Waals surface area contributed by atoms with Crippen LogP contribution in [0.4, 0.5) is 0 Å². The van der Waals surface area contributed by atoms with Crippen LogP contribution in [0.1, 0.15) is 92.9 Å². The normalized spacial score (nSPS) is 19.4. The number of rotatable bonds is 3. The molecule has 4 heterocycles. The summed E-state index contributed by atoms with van der Waals surface area (Å²) in [6.45, 7) is -0.381. The van der Waals surface area contributed by atoms with E-state index in [1.54, 1.807) is 36.4 Å². The van der Waals surface area contributed by atoms with E-state index in [-0.39, 0.29) is 53.9 Å². The van der Waals surface area contributed by atoms with Crippen molar-refractivity contribution in [2.75, 3.05) is 0 Å². The second kappa shape index (κ2) is 11.7. The molecule has 7 rings (SSSR count). The molecule has 4 nitrogen and oxygen atoms in total. The Bertz CT molecular complexity index is 2490. The molecule has 227 valence electrons. The van der Waals surface area contributed by atoms with Gasteiger partial charge in [0.2, 0.25) is 5.71 Å². The van der Waals surface area contributed by atoms with Gasteiger partial charge in [0.05, 0.1) is 5.58 Å². The molecule has 0 saturated heterocycles. The van der Waals surface area contributed by atoms with Gasteiger partial charge in [0.25, 0.3) is 0 Å². The van der Waals surface area contributed by atoms with E-state index in [9.17, 15) is 0 Å². The van der Waals surface area contributed by atoms with Crippen LogP contribution in [0.15, 0.2) is 65.3 Å². The van der Waals surface area contributed by atoms with E-state index in [1.807, 2.05) is 34.6 Å². The minimum Gasteiger partial charge on any atom is -0.486 e. The smallest absolute Gasteiger partial charge is 0.216 e. The van der Waals surface area contributed by atoms with Crippen molar-refractivity contribution < 1.29 is 43.7 Å². The van der Waals surface area contributed by atoms with Crippen LogP contribution in [0.2, 0.25) is 0 Å². The van der Waals surface area contributed by atoms with Gasteiger partial charge in [0.15, 0.2) is 0 Å². The van der Waals surface area contributed by atoms with Gasteiger partial charge in [-0.1, -0.05) is 70.8 Å². The number of nitrogens with zero attached hydrogens (tertiary/aromatic N) is 3. The molecule has 0 fully saturated rings. The number of hydrogen-bond donors (Lipinski definition) is 0. The SMILES string of the molecule is [2H]C([2H])([2H])c1c[c-]c(-c2ccc(C([2H])([2H])C(C)(C)C)cn2)cc1.[2H]C([2H])([2H])c1cc2c3c(n1)oc1c(-c4cc(C([2H])([2H])[2H])c(C([2H])([2H])[2H])cn4)[c-]cc(c13)C2(C)C.[Ir]. The molecule has 44 heavy (non-hydrogen) atoms. The molecule has 1 radical (unpaired) electrons. The van der Waals surface area contributed by atoms with Crippen LogP contribution in [-0.4, -0.2) is 15.0 Å². The van der Waals surface area contributed by atoms with Gasteiger partial charge in [-0.15, -0.1) is 53.1 Å². The van der Waals surface area contributed by atoms with Crippen molar-refractivity contribution >= 4 is 22.1 Å². The van der Waals surface area contributed by atoms with Crippen LogP contribution in [0.5, 0.6) is 0 Å². The van der Waals surface area contributed by atoms with Crippen molar-refractivity contribution in [2.45, 2.75) is 73.8 Å². The standard InChI is InChI=1S/C22H19N2O.C17H20N.Ir/c1-11-8-17(23-10-12(11)2)14-6-7-15-18-19-16(22(15,4)5)9-13(3)24-21(19)25-20(14)18;1-13-5-8-15(9-6-13)16-10-7-14(12-18-16)11-17(2,3)4;/h7-10H,1-5H3;5-8,10,12H,11H2,1-4H3;/q2*-1;/i1D3,2D3,3D3;1D3,11D2;. The fourth-order valence-corrected chi connectivity index (χ4v) is 5.37. The summed E-state index contributed by atoms with van der Waals surface area (Å²) in [5, 5.41) is 1.44. The van der Waals surface area contributed by atoms with Gasteiger partial charge in [0.1, 0.15) is 0 Å². The Labute approximate surface area is 294 Å². The zero-order chi connectivity index (χ0) is 42.5. The molecule has 1 aliphatic carbocycles. The Morgan fingerprint density at radius 3 is 2.34 bits per heavy atom. The van der Waals surface area contributed by atoms with Crippen molar-refractivity contribution in [2.24, 2.45) is 5.41 Å². The van der Waals surface area contributed by atoms with E-state index < -0.39 is 44.6 Å². The largest absolute Gasteiger partial charge is 0.486 e. The first-order valence-corrected chi connectivity index (χ1v) is 13.8. The van der Waals surface area contributed by atoms with E-state index in [4.69, 9.17) is 23.6 Å². The fraction of sp³-hybridized carbons (Fsp3) is 0.308. The van der Waals surface area contributed by atoms with Crippen molar-refractivity contribution in [1.29, 1.82) is 0 Å². The molecule has 6 aromatic rings. The van der Waals surface area contributed by atoms with E-state index >= 15 is 0 Å². The zero-order valence-electron chi connectivity index (χ0n) is 38.9. The maximum absolute atomic E-state index is 8.25. The topological polar surface area (TPSA) is 51.8 Å². The molecule has 0 saturated carbocycles. The quantitative estimate of drug-likeness (QED) is 0.168. The summed E-state index contributed by atoms with van der Waals surface area (Å²) in [5.41, 5.74) is 2.97. The Morgan fingerprint density at radius 1 is 0.864 bits per heavy atom. The van der Waals surface area contributed by atoms with Crippen LogP contribution >= 0.6 is 0 Å². The molecular weight excluding hydrogens is 719 g/mol. The Morgan fingerprint density at radius 2 is 1.68 bits per heavy atom. The van der Waals surface area contributed by atoms with Crippen molar-refractivity contribution in [3.05, 3.63) is 112 Å². The van der Waals surface area contributed by atoms with Crippen LogP contribution in [0, 0.1) is 45.0 Å². The molecule has 0 unspecified atom stereocenters. The third kappa shape index (κ3) is 5.88. The molecule has 0 aliphatic heterocycles. The third-order valence-electron chi connectivity index (χ3n) is 7.40. The molecule has 1 aliphatic rings. The number of pyridine rings is 3. The molecule has 0 bridgehead atoms. The van der Waals surface area contributed by atoms with Gasteiger partial charge in [0, 0.05) is 62.8 Å². The van der Waals surface area contributed by atoms with Crippen molar-refractivity contribution in [1.82, 2.24) is 15.0 Å². The summed E-state index contributed by atoms with van der Waals surface area (Å²) >= 11 is 0. The third-order valence-corrected chi connectivity index (χ3v) is 7.40. The predicted octanol–water partition coefficient (Wildman–Crippen LogP) is 9.85. The van der Waals surface area contributed by atoms with Crippen molar-refractivity contribution in [3.63, 3.8) is 0 Å². The van der Waals surface area contributed by atoms with Gasteiger partial charge < -0.3 is 14.4 Å². The molecule has 5 heteroatoms. The average Bonchev–Trinajstić information content (AvgIpc) is 3.59. The Kier molecular flexibility index (Phi) is 4.87. The van der Waals surface area contributed by atoms with Crippen LogP contribution in [0.25, 0.3) is 44.6 Å². The predicted molar refractivity (Wildman–Crippen MR) is 176 cm³/mol. The second-order valence-electron chi connectivity index (χ2n) is 12.2. The van der Waals surface area contributed by atoms with E-state index in [1.165, 1.54) is 18.3 Å². The maximum Gasteiger partial charge on any atom is 0.216 e. The number of aromatic nitrogens is 3. The fourth-order valence-electron chi connectivity index (χ4n) is 5.37. The first-order chi connectivity index (χ1) is 25.9. The van der Waals surface area contributed by atoms with Crippen molar-refractivity contribution in [3.8, 4) is 22.5 Å². The van der Waals surface area contributed by atoms with Gasteiger partial charge in [-0.2, -0.15) is 0 Å².